The zero-order chi connectivity index (χ0) is 19.7. The van der Waals surface area contributed by atoms with Gasteiger partial charge in [0, 0.05) is 17.3 Å². The second-order valence-electron chi connectivity index (χ2n) is 9.71. The number of rotatable bonds is 2. The molecule has 0 saturated heterocycles. The Bertz CT molecular complexity index is 743. The van der Waals surface area contributed by atoms with Gasteiger partial charge in [0.25, 0.3) is 0 Å². The zero-order valence-electron chi connectivity index (χ0n) is 16.2. The smallest absolute Gasteiger partial charge is 0.178 e. The van der Waals surface area contributed by atoms with E-state index < -0.39 is 29.7 Å². The lowest BCUT2D eigenvalue weighted by Crippen LogP contribution is -2.58. The van der Waals surface area contributed by atoms with E-state index >= 15 is 4.39 Å². The van der Waals surface area contributed by atoms with Crippen LogP contribution in [0.5, 0.6) is 0 Å². The van der Waals surface area contributed by atoms with Crippen molar-refractivity contribution in [1.29, 1.82) is 0 Å². The quantitative estimate of drug-likeness (QED) is 0.777. The van der Waals surface area contributed by atoms with Crippen molar-refractivity contribution in [2.24, 2.45) is 40.4 Å². The van der Waals surface area contributed by atoms with Crippen molar-refractivity contribution in [2.75, 3.05) is 6.61 Å². The summed E-state index contributed by atoms with van der Waals surface area (Å²) in [6.45, 7) is 5.53. The summed E-state index contributed by atoms with van der Waals surface area (Å²) in [6.07, 6.45) is 4.39. The summed E-state index contributed by atoms with van der Waals surface area (Å²) in [5.41, 5.74) is -0.599. The summed E-state index contributed by atoms with van der Waals surface area (Å²) in [7, 11) is 0. The van der Waals surface area contributed by atoms with E-state index in [0.29, 0.717) is 12.0 Å². The molecule has 0 aromatic carbocycles. The molecule has 0 bridgehead atoms. The summed E-state index contributed by atoms with van der Waals surface area (Å²) in [4.78, 5) is 24.3. The first kappa shape index (κ1) is 19.0. The number of Topliss-reactive ketones (excluding diaryl/α,β-unsaturated/α-hetero) is 1. The summed E-state index contributed by atoms with van der Waals surface area (Å²) in [6, 6.07) is 0. The predicted octanol–water partition coefficient (Wildman–Crippen LogP) is 2.64. The maximum atomic E-state index is 15.2. The molecule has 3 unspecified atom stereocenters. The first-order valence-electron chi connectivity index (χ1n) is 10.0. The molecule has 0 amide bonds. The Kier molecular flexibility index (Phi) is 4.28. The number of hydrogen-bond acceptors (Lipinski definition) is 4. The van der Waals surface area contributed by atoms with E-state index in [1.54, 1.807) is 6.08 Å². The Hall–Kier alpha value is -1.33. The second-order valence-corrected chi connectivity index (χ2v) is 9.71. The van der Waals surface area contributed by atoms with E-state index in [-0.39, 0.29) is 47.6 Å². The maximum Gasteiger partial charge on any atom is 0.178 e. The fourth-order valence-electron chi connectivity index (χ4n) is 7.49. The lowest BCUT2D eigenvalue weighted by molar-refractivity contribution is -0.144. The SMILES string of the molecule is CC1C[C@H]2[C@@H]3CC(F)C4=CC(=O)C=C[C@]4(C)[C@H]3C(O)C[C@]2(C)[C@H]1C(=O)CO. The summed E-state index contributed by atoms with van der Waals surface area (Å²) in [5, 5.41) is 20.6. The number of carbonyl (C=O) groups excluding carboxylic acids is 2. The minimum Gasteiger partial charge on any atom is -0.393 e. The molecule has 4 aliphatic rings. The number of aliphatic hydroxyl groups excluding tert-OH is 2. The molecule has 0 radical (unpaired) electrons. The van der Waals surface area contributed by atoms with Gasteiger partial charge in [0.05, 0.1) is 6.10 Å². The van der Waals surface area contributed by atoms with Gasteiger partial charge in [0.15, 0.2) is 11.6 Å². The van der Waals surface area contributed by atoms with Crippen molar-refractivity contribution in [3.63, 3.8) is 0 Å². The molecule has 27 heavy (non-hydrogen) atoms. The van der Waals surface area contributed by atoms with E-state index in [1.165, 1.54) is 12.2 Å². The zero-order valence-corrected chi connectivity index (χ0v) is 16.2. The Morgan fingerprint density at radius 2 is 2.04 bits per heavy atom. The van der Waals surface area contributed by atoms with E-state index in [1.807, 2.05) is 20.8 Å². The fourth-order valence-corrected chi connectivity index (χ4v) is 7.49. The molecule has 148 valence electrons. The fraction of sp³-hybridized carbons (Fsp3) is 0.727. The Morgan fingerprint density at radius 3 is 2.70 bits per heavy atom. The number of allylic oxidation sites excluding steroid dienone is 4. The molecule has 5 heteroatoms. The topological polar surface area (TPSA) is 74.6 Å². The predicted molar refractivity (Wildman–Crippen MR) is 98.4 cm³/mol. The first-order valence-corrected chi connectivity index (χ1v) is 10.0. The van der Waals surface area contributed by atoms with Gasteiger partial charge in [-0.1, -0.05) is 26.8 Å². The van der Waals surface area contributed by atoms with Crippen molar-refractivity contribution >= 4 is 11.6 Å². The number of halogens is 1. The minimum atomic E-state index is -1.21. The number of ketones is 2. The van der Waals surface area contributed by atoms with E-state index in [4.69, 9.17) is 0 Å². The van der Waals surface area contributed by atoms with Gasteiger partial charge in [-0.3, -0.25) is 9.59 Å². The van der Waals surface area contributed by atoms with Crippen LogP contribution in [0.2, 0.25) is 0 Å². The molecule has 2 N–H and O–H groups in total. The van der Waals surface area contributed by atoms with Crippen LogP contribution in [-0.4, -0.2) is 40.7 Å². The molecule has 0 spiro atoms. The first-order chi connectivity index (χ1) is 12.6. The number of aliphatic hydroxyl groups is 2. The molecule has 0 aliphatic heterocycles. The van der Waals surface area contributed by atoms with Gasteiger partial charge in [-0.05, 0) is 60.2 Å². The molecule has 3 saturated carbocycles. The van der Waals surface area contributed by atoms with Crippen LogP contribution in [0.25, 0.3) is 0 Å². The largest absolute Gasteiger partial charge is 0.393 e. The number of hydrogen-bond donors (Lipinski definition) is 2. The maximum absolute atomic E-state index is 15.2. The molecule has 3 fully saturated rings. The summed E-state index contributed by atoms with van der Waals surface area (Å²) < 4.78 is 15.2. The summed E-state index contributed by atoms with van der Waals surface area (Å²) >= 11 is 0. The third kappa shape index (κ3) is 2.47. The van der Waals surface area contributed by atoms with Crippen molar-refractivity contribution in [1.82, 2.24) is 0 Å². The van der Waals surface area contributed by atoms with Gasteiger partial charge in [-0.25, -0.2) is 4.39 Å². The van der Waals surface area contributed by atoms with Crippen molar-refractivity contribution in [2.45, 2.75) is 52.3 Å². The average Bonchev–Trinajstić information content (AvgIpc) is 2.85. The third-order valence-corrected chi connectivity index (χ3v) is 8.32. The highest BCUT2D eigenvalue weighted by molar-refractivity contribution is 6.01. The van der Waals surface area contributed by atoms with Gasteiger partial charge < -0.3 is 10.2 Å². The highest BCUT2D eigenvalue weighted by Gasteiger charge is 2.65. The van der Waals surface area contributed by atoms with Crippen LogP contribution in [0.3, 0.4) is 0 Å². The number of fused-ring (bicyclic) bond motifs is 5. The molecule has 4 nitrogen and oxygen atoms in total. The second kappa shape index (κ2) is 6.08. The van der Waals surface area contributed by atoms with Crippen LogP contribution >= 0.6 is 0 Å². The average molecular weight is 376 g/mol. The molecular formula is C22H29FO4. The van der Waals surface area contributed by atoms with Gasteiger partial charge in [-0.2, -0.15) is 0 Å². The Labute approximate surface area is 159 Å². The van der Waals surface area contributed by atoms with Crippen LogP contribution in [-0.2, 0) is 9.59 Å². The van der Waals surface area contributed by atoms with Crippen molar-refractivity contribution < 1.29 is 24.2 Å². The Balaban J connectivity index is 1.77. The van der Waals surface area contributed by atoms with Crippen LogP contribution in [0, 0.1) is 40.4 Å². The molecule has 4 aliphatic carbocycles. The van der Waals surface area contributed by atoms with Crippen LogP contribution in [0.15, 0.2) is 23.8 Å². The van der Waals surface area contributed by atoms with Crippen LogP contribution < -0.4 is 0 Å². The highest BCUT2D eigenvalue weighted by atomic mass is 19.1. The van der Waals surface area contributed by atoms with E-state index in [9.17, 15) is 19.8 Å². The van der Waals surface area contributed by atoms with Gasteiger partial charge in [0.2, 0.25) is 0 Å². The van der Waals surface area contributed by atoms with Crippen molar-refractivity contribution in [3.05, 3.63) is 23.8 Å². The Morgan fingerprint density at radius 1 is 1.33 bits per heavy atom. The number of carbonyl (C=O) groups is 2. The normalized spacial score (nSPS) is 51.3. The molecular weight excluding hydrogens is 347 g/mol. The molecule has 0 heterocycles. The standard InChI is InChI=1S/C22H29FO4/c1-11-6-14-13-8-16(23)15-7-12(25)4-5-21(15,2)20(13)17(26)9-22(14,3)19(11)18(27)10-24/h4-5,7,11,13-14,16-17,19-20,24,26H,6,8-10H2,1-3H3/t11?,13-,14-,16?,17?,19+,20+,21-,22-/m0/s1. The number of alkyl halides is 1. The third-order valence-electron chi connectivity index (χ3n) is 8.32. The lowest BCUT2D eigenvalue weighted by Gasteiger charge is -2.59. The molecule has 4 rings (SSSR count). The summed E-state index contributed by atoms with van der Waals surface area (Å²) in [5.74, 6) is -0.626. The highest BCUT2D eigenvalue weighted by Crippen LogP contribution is 2.67. The molecule has 0 aromatic heterocycles. The molecule has 0 aromatic rings. The lowest BCUT2D eigenvalue weighted by atomic mass is 9.46. The van der Waals surface area contributed by atoms with Crippen LogP contribution in [0.1, 0.15) is 40.0 Å². The molecule has 9 atom stereocenters. The monoisotopic (exact) mass is 376 g/mol. The minimum absolute atomic E-state index is 0.0484. The van der Waals surface area contributed by atoms with E-state index in [2.05, 4.69) is 0 Å². The van der Waals surface area contributed by atoms with Gasteiger partial charge >= 0.3 is 0 Å². The van der Waals surface area contributed by atoms with Crippen molar-refractivity contribution in [3.8, 4) is 0 Å². The van der Waals surface area contributed by atoms with Crippen LogP contribution in [0.4, 0.5) is 4.39 Å². The van der Waals surface area contributed by atoms with Gasteiger partial charge in [-0.15, -0.1) is 0 Å². The van der Waals surface area contributed by atoms with Gasteiger partial charge in [0.1, 0.15) is 12.8 Å². The van der Waals surface area contributed by atoms with E-state index in [0.717, 1.165) is 6.42 Å².